The Morgan fingerprint density at radius 1 is 1.33 bits per heavy atom. The van der Waals surface area contributed by atoms with Crippen LogP contribution < -0.4 is 0 Å². The Bertz CT molecular complexity index is 195. The van der Waals surface area contributed by atoms with Crippen LogP contribution in [0.4, 0.5) is 0 Å². The molecule has 0 spiro atoms. The molecular weight excluding hydrogens is 184 g/mol. The molecule has 0 amide bonds. The maximum Gasteiger partial charge on any atom is 0.0989 e. The van der Waals surface area contributed by atoms with Crippen molar-refractivity contribution in [1.82, 2.24) is 4.90 Å². The highest BCUT2D eigenvalue weighted by molar-refractivity contribution is 5.81. The van der Waals surface area contributed by atoms with E-state index in [0.717, 1.165) is 18.9 Å². The molecule has 1 aliphatic carbocycles. The molecule has 0 bridgehead atoms. The Labute approximate surface area is 94.6 Å². The summed E-state index contributed by atoms with van der Waals surface area (Å²) in [4.78, 5) is 2.28. The van der Waals surface area contributed by atoms with Crippen molar-refractivity contribution in [3.8, 4) is 0 Å². The van der Waals surface area contributed by atoms with Crippen LogP contribution in [-0.2, 0) is 0 Å². The Balaban J connectivity index is 2.45. The van der Waals surface area contributed by atoms with E-state index in [1.54, 1.807) is 0 Å². The van der Waals surface area contributed by atoms with E-state index in [4.69, 9.17) is 5.41 Å². The van der Waals surface area contributed by atoms with E-state index in [9.17, 15) is 0 Å². The van der Waals surface area contributed by atoms with Gasteiger partial charge in [-0.25, -0.2) is 0 Å². The first-order valence-electron chi connectivity index (χ1n) is 6.52. The molecule has 0 saturated heterocycles. The Morgan fingerprint density at radius 3 is 2.40 bits per heavy atom. The highest BCUT2D eigenvalue weighted by Crippen LogP contribution is 2.27. The Kier molecular flexibility index (Phi) is 5.13. The minimum Gasteiger partial charge on any atom is -0.360 e. The van der Waals surface area contributed by atoms with Gasteiger partial charge in [-0.15, -0.1) is 0 Å². The Hall–Kier alpha value is -0.530. The maximum absolute atomic E-state index is 8.24. The molecule has 0 aromatic heterocycles. The highest BCUT2D eigenvalue weighted by atomic mass is 15.2. The number of nitrogens with one attached hydrogen (secondary N) is 1. The maximum atomic E-state index is 8.24. The summed E-state index contributed by atoms with van der Waals surface area (Å²) < 4.78 is 0. The fraction of sp³-hybridized carbons (Fsp3) is 0.923. The molecule has 1 aliphatic rings. The van der Waals surface area contributed by atoms with Crippen LogP contribution in [0.1, 0.15) is 52.9 Å². The normalized spacial score (nSPS) is 19.1. The molecule has 2 heteroatoms. The molecule has 0 heterocycles. The van der Waals surface area contributed by atoms with Crippen LogP contribution in [0.25, 0.3) is 0 Å². The highest BCUT2D eigenvalue weighted by Gasteiger charge is 2.23. The van der Waals surface area contributed by atoms with E-state index < -0.39 is 0 Å². The molecule has 0 aromatic carbocycles. The number of rotatable bonds is 5. The lowest BCUT2D eigenvalue weighted by Crippen LogP contribution is -2.37. The molecule has 1 saturated carbocycles. The molecular formula is C13H26N2. The summed E-state index contributed by atoms with van der Waals surface area (Å²) in [5.74, 6) is 2.19. The van der Waals surface area contributed by atoms with Gasteiger partial charge in [-0.1, -0.05) is 33.1 Å². The third-order valence-corrected chi connectivity index (χ3v) is 3.69. The first kappa shape index (κ1) is 12.5. The van der Waals surface area contributed by atoms with E-state index in [0.29, 0.717) is 11.8 Å². The molecule has 88 valence electrons. The average molecular weight is 210 g/mol. The lowest BCUT2D eigenvalue weighted by molar-refractivity contribution is 0.340. The number of hydrogen-bond acceptors (Lipinski definition) is 1. The molecule has 1 N–H and O–H groups in total. The third kappa shape index (κ3) is 3.51. The lowest BCUT2D eigenvalue weighted by Gasteiger charge is -2.29. The first-order chi connectivity index (χ1) is 7.19. The number of hydrogen-bond donors (Lipinski definition) is 1. The molecule has 0 aliphatic heterocycles. The van der Waals surface area contributed by atoms with Crippen LogP contribution in [-0.4, -0.2) is 23.8 Å². The zero-order valence-corrected chi connectivity index (χ0v) is 10.6. The van der Waals surface area contributed by atoms with Gasteiger partial charge in [-0.05, 0) is 25.7 Å². The van der Waals surface area contributed by atoms with Gasteiger partial charge >= 0.3 is 0 Å². The second kappa shape index (κ2) is 6.14. The second-order valence-corrected chi connectivity index (χ2v) is 4.92. The van der Waals surface area contributed by atoms with Crippen molar-refractivity contribution in [3.05, 3.63) is 0 Å². The fourth-order valence-electron chi connectivity index (χ4n) is 2.36. The Morgan fingerprint density at radius 2 is 1.93 bits per heavy atom. The van der Waals surface area contributed by atoms with Crippen LogP contribution in [0.5, 0.6) is 0 Å². The van der Waals surface area contributed by atoms with Crippen molar-refractivity contribution in [2.45, 2.75) is 52.9 Å². The van der Waals surface area contributed by atoms with Gasteiger partial charge in [0.15, 0.2) is 0 Å². The lowest BCUT2D eigenvalue weighted by atomic mass is 10.0. The summed E-state index contributed by atoms with van der Waals surface area (Å²) in [7, 11) is 0. The standard InChI is InChI=1S/C13H26N2/c1-4-11(3)10-15(5-2)13(14)12-8-6-7-9-12/h11-12,14H,4-10H2,1-3H3. The van der Waals surface area contributed by atoms with Gasteiger partial charge in [0.2, 0.25) is 0 Å². The third-order valence-electron chi connectivity index (χ3n) is 3.69. The zero-order chi connectivity index (χ0) is 11.3. The van der Waals surface area contributed by atoms with Crippen LogP contribution in [0.2, 0.25) is 0 Å². The molecule has 2 nitrogen and oxygen atoms in total. The summed E-state index contributed by atoms with van der Waals surface area (Å²) in [6, 6.07) is 0. The summed E-state index contributed by atoms with van der Waals surface area (Å²) >= 11 is 0. The minimum absolute atomic E-state index is 0.564. The molecule has 15 heavy (non-hydrogen) atoms. The average Bonchev–Trinajstić information content (AvgIpc) is 2.77. The minimum atomic E-state index is 0.564. The summed E-state index contributed by atoms with van der Waals surface area (Å²) in [5, 5.41) is 8.24. The van der Waals surface area contributed by atoms with E-state index in [1.165, 1.54) is 32.1 Å². The van der Waals surface area contributed by atoms with Crippen molar-refractivity contribution in [2.75, 3.05) is 13.1 Å². The van der Waals surface area contributed by atoms with Crippen molar-refractivity contribution in [3.63, 3.8) is 0 Å². The van der Waals surface area contributed by atoms with Gasteiger partial charge in [-0.2, -0.15) is 0 Å². The quantitative estimate of drug-likeness (QED) is 0.545. The summed E-state index contributed by atoms with van der Waals surface area (Å²) in [6.45, 7) is 8.76. The van der Waals surface area contributed by atoms with Gasteiger partial charge < -0.3 is 4.90 Å². The molecule has 0 aromatic rings. The van der Waals surface area contributed by atoms with Crippen molar-refractivity contribution >= 4 is 5.84 Å². The van der Waals surface area contributed by atoms with Crippen LogP contribution in [0.15, 0.2) is 0 Å². The predicted octanol–water partition coefficient (Wildman–Crippen LogP) is 3.52. The van der Waals surface area contributed by atoms with Crippen molar-refractivity contribution in [1.29, 1.82) is 5.41 Å². The molecule has 1 atom stereocenters. The second-order valence-electron chi connectivity index (χ2n) is 4.92. The number of amidine groups is 1. The van der Waals surface area contributed by atoms with Gasteiger partial charge in [0.05, 0.1) is 5.84 Å². The predicted molar refractivity (Wildman–Crippen MR) is 66.4 cm³/mol. The van der Waals surface area contributed by atoms with E-state index >= 15 is 0 Å². The van der Waals surface area contributed by atoms with Gasteiger partial charge in [0, 0.05) is 19.0 Å². The monoisotopic (exact) mass is 210 g/mol. The van der Waals surface area contributed by atoms with E-state index in [2.05, 4.69) is 25.7 Å². The van der Waals surface area contributed by atoms with Crippen LogP contribution in [0.3, 0.4) is 0 Å². The summed E-state index contributed by atoms with van der Waals surface area (Å²) in [6.07, 6.45) is 6.36. The van der Waals surface area contributed by atoms with Gasteiger partial charge in [-0.3, -0.25) is 5.41 Å². The SMILES string of the molecule is CCC(C)CN(CC)C(=N)C1CCCC1. The molecule has 1 fully saturated rings. The van der Waals surface area contributed by atoms with Crippen molar-refractivity contribution in [2.24, 2.45) is 11.8 Å². The van der Waals surface area contributed by atoms with Crippen LogP contribution >= 0.6 is 0 Å². The molecule has 1 unspecified atom stereocenters. The largest absolute Gasteiger partial charge is 0.360 e. The van der Waals surface area contributed by atoms with Crippen molar-refractivity contribution < 1.29 is 0 Å². The van der Waals surface area contributed by atoms with Gasteiger partial charge in [0.25, 0.3) is 0 Å². The topological polar surface area (TPSA) is 27.1 Å². The smallest absolute Gasteiger partial charge is 0.0989 e. The first-order valence-corrected chi connectivity index (χ1v) is 6.52. The summed E-state index contributed by atoms with van der Waals surface area (Å²) in [5.41, 5.74) is 0. The molecule has 1 rings (SSSR count). The van der Waals surface area contributed by atoms with Gasteiger partial charge in [0.1, 0.15) is 0 Å². The van der Waals surface area contributed by atoms with E-state index in [-0.39, 0.29) is 0 Å². The fourth-order valence-corrected chi connectivity index (χ4v) is 2.36. The zero-order valence-electron chi connectivity index (χ0n) is 10.6. The van der Waals surface area contributed by atoms with Crippen LogP contribution in [0, 0.1) is 17.2 Å². The number of nitrogens with zero attached hydrogens (tertiary/aromatic N) is 1. The molecule has 0 radical (unpaired) electrons. The van der Waals surface area contributed by atoms with E-state index in [1.807, 2.05) is 0 Å².